The van der Waals surface area contributed by atoms with Gasteiger partial charge in [-0.25, -0.2) is 4.39 Å². The average Bonchev–Trinajstić information content (AvgIpc) is 2.97. The molecule has 1 aliphatic rings. The predicted molar refractivity (Wildman–Crippen MR) is 79.6 cm³/mol. The molecule has 4 nitrogen and oxygen atoms in total. The van der Waals surface area contributed by atoms with Crippen LogP contribution in [0.2, 0.25) is 0 Å². The number of carbonyl (C=O) groups is 1. The Bertz CT molecular complexity index is 702. The standard InChI is InChI=1S/C17H16FNO3/c1-11(8-12-4-2-3-5-14(12)18)19-17(20)13-6-7-15-16(9-13)22-10-21-15/h2-7,9,11H,8,10H2,1H3,(H,19,20)/t11-/m0/s1. The summed E-state index contributed by atoms with van der Waals surface area (Å²) in [5, 5.41) is 2.86. The number of rotatable bonds is 4. The first-order valence-corrected chi connectivity index (χ1v) is 7.07. The molecule has 114 valence electrons. The summed E-state index contributed by atoms with van der Waals surface area (Å²) in [5.41, 5.74) is 1.07. The third-order valence-electron chi connectivity index (χ3n) is 3.50. The van der Waals surface area contributed by atoms with Gasteiger partial charge in [-0.3, -0.25) is 4.79 Å². The van der Waals surface area contributed by atoms with Crippen LogP contribution in [0.3, 0.4) is 0 Å². The van der Waals surface area contributed by atoms with Crippen LogP contribution < -0.4 is 14.8 Å². The Morgan fingerprint density at radius 3 is 2.82 bits per heavy atom. The molecule has 1 N–H and O–H groups in total. The SMILES string of the molecule is C[C@@H](Cc1ccccc1F)NC(=O)c1ccc2c(c1)OCO2. The van der Waals surface area contributed by atoms with Crippen LogP contribution in [0.4, 0.5) is 4.39 Å². The van der Waals surface area contributed by atoms with Crippen LogP contribution in [-0.4, -0.2) is 18.7 Å². The van der Waals surface area contributed by atoms with Crippen LogP contribution in [0.1, 0.15) is 22.8 Å². The summed E-state index contributed by atoms with van der Waals surface area (Å²) < 4.78 is 24.1. The van der Waals surface area contributed by atoms with E-state index in [2.05, 4.69) is 5.32 Å². The van der Waals surface area contributed by atoms with Gasteiger partial charge in [-0.2, -0.15) is 0 Å². The van der Waals surface area contributed by atoms with Gasteiger partial charge in [0.05, 0.1) is 0 Å². The minimum absolute atomic E-state index is 0.171. The van der Waals surface area contributed by atoms with E-state index in [1.807, 2.05) is 6.92 Å². The number of hydrogen-bond donors (Lipinski definition) is 1. The fraction of sp³-hybridized carbons (Fsp3) is 0.235. The minimum Gasteiger partial charge on any atom is -0.454 e. The van der Waals surface area contributed by atoms with Gasteiger partial charge in [-0.05, 0) is 43.2 Å². The number of benzene rings is 2. The molecule has 0 radical (unpaired) electrons. The van der Waals surface area contributed by atoms with Gasteiger partial charge in [-0.15, -0.1) is 0 Å². The molecule has 0 spiro atoms. The maximum atomic E-state index is 13.6. The highest BCUT2D eigenvalue weighted by Crippen LogP contribution is 2.32. The smallest absolute Gasteiger partial charge is 0.251 e. The van der Waals surface area contributed by atoms with Crippen LogP contribution >= 0.6 is 0 Å². The first kappa shape index (κ1) is 14.4. The van der Waals surface area contributed by atoms with Crippen LogP contribution in [0, 0.1) is 5.82 Å². The Morgan fingerprint density at radius 2 is 2.00 bits per heavy atom. The second-order valence-electron chi connectivity index (χ2n) is 5.24. The summed E-state index contributed by atoms with van der Waals surface area (Å²) in [4.78, 5) is 12.2. The number of halogens is 1. The lowest BCUT2D eigenvalue weighted by molar-refractivity contribution is 0.0939. The number of hydrogen-bond acceptors (Lipinski definition) is 3. The summed E-state index contributed by atoms with van der Waals surface area (Å²) in [6.07, 6.45) is 0.433. The normalized spacial score (nSPS) is 13.7. The van der Waals surface area contributed by atoms with Crippen LogP contribution in [-0.2, 0) is 6.42 Å². The Morgan fingerprint density at radius 1 is 1.23 bits per heavy atom. The number of carbonyl (C=O) groups excluding carboxylic acids is 1. The van der Waals surface area contributed by atoms with Gasteiger partial charge in [-0.1, -0.05) is 18.2 Å². The van der Waals surface area contributed by atoms with E-state index in [-0.39, 0.29) is 24.6 Å². The largest absolute Gasteiger partial charge is 0.454 e. The van der Waals surface area contributed by atoms with Gasteiger partial charge in [0.1, 0.15) is 5.82 Å². The minimum atomic E-state index is -0.258. The first-order chi connectivity index (χ1) is 10.6. The highest BCUT2D eigenvalue weighted by Gasteiger charge is 2.17. The molecule has 0 saturated heterocycles. The van der Waals surface area contributed by atoms with E-state index < -0.39 is 0 Å². The van der Waals surface area contributed by atoms with Gasteiger partial charge in [0.15, 0.2) is 11.5 Å². The highest BCUT2D eigenvalue weighted by molar-refractivity contribution is 5.95. The van der Waals surface area contributed by atoms with Crippen molar-refractivity contribution in [3.8, 4) is 11.5 Å². The van der Waals surface area contributed by atoms with E-state index >= 15 is 0 Å². The van der Waals surface area contributed by atoms with Gasteiger partial charge in [0.2, 0.25) is 6.79 Å². The van der Waals surface area contributed by atoms with Crippen molar-refractivity contribution in [2.24, 2.45) is 0 Å². The Labute approximate surface area is 127 Å². The van der Waals surface area contributed by atoms with E-state index in [1.54, 1.807) is 36.4 Å². The Hall–Kier alpha value is -2.56. The van der Waals surface area contributed by atoms with Crippen LogP contribution in [0.15, 0.2) is 42.5 Å². The topological polar surface area (TPSA) is 47.6 Å². The molecule has 1 atom stereocenters. The van der Waals surface area contributed by atoms with Crippen molar-refractivity contribution in [3.63, 3.8) is 0 Å². The zero-order chi connectivity index (χ0) is 15.5. The second kappa shape index (κ2) is 6.05. The van der Waals surface area contributed by atoms with Crippen molar-refractivity contribution in [1.82, 2.24) is 5.32 Å². The molecule has 1 heterocycles. The van der Waals surface area contributed by atoms with Crippen molar-refractivity contribution in [2.45, 2.75) is 19.4 Å². The molecule has 1 aliphatic heterocycles. The second-order valence-corrected chi connectivity index (χ2v) is 5.24. The maximum Gasteiger partial charge on any atom is 0.251 e. The summed E-state index contributed by atoms with van der Waals surface area (Å²) in [6, 6.07) is 11.4. The first-order valence-electron chi connectivity index (χ1n) is 7.07. The fourth-order valence-corrected chi connectivity index (χ4v) is 2.39. The van der Waals surface area contributed by atoms with E-state index in [1.165, 1.54) is 6.07 Å². The number of amides is 1. The van der Waals surface area contributed by atoms with Crippen LogP contribution in [0.25, 0.3) is 0 Å². The van der Waals surface area contributed by atoms with Gasteiger partial charge >= 0.3 is 0 Å². The predicted octanol–water partition coefficient (Wildman–Crippen LogP) is 2.92. The Kier molecular flexibility index (Phi) is 3.96. The Balaban J connectivity index is 1.65. The lowest BCUT2D eigenvalue weighted by Gasteiger charge is -2.14. The summed E-state index contributed by atoms with van der Waals surface area (Å²) in [7, 11) is 0. The maximum absolute atomic E-state index is 13.6. The van der Waals surface area contributed by atoms with Gasteiger partial charge in [0.25, 0.3) is 5.91 Å². The molecule has 0 fully saturated rings. The average molecular weight is 301 g/mol. The molecule has 0 bridgehead atoms. The van der Waals surface area contributed by atoms with Crippen molar-refractivity contribution in [3.05, 3.63) is 59.4 Å². The lowest BCUT2D eigenvalue weighted by Crippen LogP contribution is -2.34. The van der Waals surface area contributed by atoms with Crippen LogP contribution in [0.5, 0.6) is 11.5 Å². The lowest BCUT2D eigenvalue weighted by atomic mass is 10.1. The number of ether oxygens (including phenoxy) is 2. The highest BCUT2D eigenvalue weighted by atomic mass is 19.1. The number of nitrogens with one attached hydrogen (secondary N) is 1. The molecular formula is C17H16FNO3. The molecule has 5 heteroatoms. The molecule has 2 aromatic carbocycles. The number of fused-ring (bicyclic) bond motifs is 1. The molecule has 3 rings (SSSR count). The van der Waals surface area contributed by atoms with E-state index in [0.717, 1.165) is 0 Å². The quantitative estimate of drug-likeness (QED) is 0.944. The third kappa shape index (κ3) is 3.03. The molecule has 0 aromatic heterocycles. The van der Waals surface area contributed by atoms with Crippen molar-refractivity contribution in [2.75, 3.05) is 6.79 Å². The van der Waals surface area contributed by atoms with Crippen molar-refractivity contribution in [1.29, 1.82) is 0 Å². The summed E-state index contributed by atoms with van der Waals surface area (Å²) >= 11 is 0. The van der Waals surface area contributed by atoms with Crippen molar-refractivity contribution >= 4 is 5.91 Å². The zero-order valence-electron chi connectivity index (χ0n) is 12.1. The van der Waals surface area contributed by atoms with Gasteiger partial charge in [0, 0.05) is 11.6 Å². The summed E-state index contributed by atoms with van der Waals surface area (Å²) in [5.74, 6) is 0.721. The van der Waals surface area contributed by atoms with E-state index in [4.69, 9.17) is 9.47 Å². The zero-order valence-corrected chi connectivity index (χ0v) is 12.1. The molecule has 0 aliphatic carbocycles. The molecule has 22 heavy (non-hydrogen) atoms. The fourth-order valence-electron chi connectivity index (χ4n) is 2.39. The molecule has 0 saturated carbocycles. The monoisotopic (exact) mass is 301 g/mol. The molecule has 2 aromatic rings. The molecular weight excluding hydrogens is 285 g/mol. The van der Waals surface area contributed by atoms with E-state index in [9.17, 15) is 9.18 Å². The molecule has 0 unspecified atom stereocenters. The third-order valence-corrected chi connectivity index (χ3v) is 3.50. The molecule has 1 amide bonds. The van der Waals surface area contributed by atoms with Crippen molar-refractivity contribution < 1.29 is 18.7 Å². The van der Waals surface area contributed by atoms with E-state index in [0.29, 0.717) is 29.0 Å². The van der Waals surface area contributed by atoms with Gasteiger partial charge < -0.3 is 14.8 Å². The summed E-state index contributed by atoms with van der Waals surface area (Å²) in [6.45, 7) is 2.02.